The van der Waals surface area contributed by atoms with Crippen molar-refractivity contribution in [2.75, 3.05) is 0 Å². The third-order valence-corrected chi connectivity index (χ3v) is 3.63. The van der Waals surface area contributed by atoms with Crippen LogP contribution < -0.4 is 0 Å². The number of hydrogen-bond acceptors (Lipinski definition) is 3. The Bertz CT molecular complexity index is 596. The van der Waals surface area contributed by atoms with Crippen molar-refractivity contribution in [1.82, 2.24) is 0 Å². The molecule has 80 valence electrons. The molecule has 16 heavy (non-hydrogen) atoms. The lowest BCUT2D eigenvalue weighted by molar-refractivity contribution is -0.140. The molecule has 0 aliphatic rings. The van der Waals surface area contributed by atoms with Crippen LogP contribution in [-0.4, -0.2) is 11.1 Å². The van der Waals surface area contributed by atoms with Gasteiger partial charge in [-0.15, -0.1) is 11.3 Å². The number of aliphatic carboxylic acids is 1. The average molecular weight is 231 g/mol. The van der Waals surface area contributed by atoms with Gasteiger partial charge in [0.1, 0.15) is 0 Å². The molecule has 0 amide bonds. The molecule has 4 heteroatoms. The van der Waals surface area contributed by atoms with E-state index in [1.54, 1.807) is 5.38 Å². The molecule has 1 unspecified atom stereocenters. The van der Waals surface area contributed by atoms with E-state index in [0.29, 0.717) is 5.56 Å². The molecule has 0 bridgehead atoms. The zero-order chi connectivity index (χ0) is 11.8. The van der Waals surface area contributed by atoms with Crippen LogP contribution in [0.25, 0.3) is 10.1 Å². The minimum atomic E-state index is -1.47. The Morgan fingerprint density at radius 2 is 2.19 bits per heavy atom. The van der Waals surface area contributed by atoms with Crippen LogP contribution in [0.3, 0.4) is 0 Å². The fourth-order valence-electron chi connectivity index (χ4n) is 1.59. The van der Waals surface area contributed by atoms with Crippen LogP contribution in [0.2, 0.25) is 0 Å². The Balaban J connectivity index is 2.73. The Hall–Kier alpha value is -1.86. The van der Waals surface area contributed by atoms with Crippen molar-refractivity contribution < 1.29 is 9.90 Å². The minimum absolute atomic E-state index is 0.572. The largest absolute Gasteiger partial charge is 0.480 e. The highest BCUT2D eigenvalue weighted by Crippen LogP contribution is 2.34. The van der Waals surface area contributed by atoms with Crippen molar-refractivity contribution in [1.29, 1.82) is 5.26 Å². The van der Waals surface area contributed by atoms with Crippen LogP contribution in [0.4, 0.5) is 0 Å². The molecule has 3 nitrogen and oxygen atoms in total. The molecule has 1 heterocycles. The number of rotatable bonds is 2. The Morgan fingerprint density at radius 3 is 2.81 bits per heavy atom. The summed E-state index contributed by atoms with van der Waals surface area (Å²) in [6, 6.07) is 9.39. The first-order chi connectivity index (χ1) is 7.59. The summed E-state index contributed by atoms with van der Waals surface area (Å²) in [7, 11) is 0. The molecular formula is C12H9NO2S. The van der Waals surface area contributed by atoms with E-state index in [1.165, 1.54) is 18.3 Å². The van der Waals surface area contributed by atoms with Crippen LogP contribution in [0.5, 0.6) is 0 Å². The number of hydrogen-bond donors (Lipinski definition) is 1. The van der Waals surface area contributed by atoms with Crippen molar-refractivity contribution in [3.63, 3.8) is 0 Å². The van der Waals surface area contributed by atoms with Gasteiger partial charge in [-0.1, -0.05) is 18.2 Å². The van der Waals surface area contributed by atoms with Crippen molar-refractivity contribution in [2.24, 2.45) is 0 Å². The van der Waals surface area contributed by atoms with E-state index in [4.69, 9.17) is 10.4 Å². The van der Waals surface area contributed by atoms with E-state index in [-0.39, 0.29) is 0 Å². The van der Waals surface area contributed by atoms with Crippen molar-refractivity contribution in [3.8, 4) is 6.07 Å². The third-order valence-electron chi connectivity index (χ3n) is 2.67. The van der Waals surface area contributed by atoms with Gasteiger partial charge < -0.3 is 5.11 Å². The number of carboxylic acids is 1. The van der Waals surface area contributed by atoms with Gasteiger partial charge in [0.15, 0.2) is 5.41 Å². The lowest BCUT2D eigenvalue weighted by atomic mass is 9.84. The minimum Gasteiger partial charge on any atom is -0.480 e. The maximum absolute atomic E-state index is 11.2. The topological polar surface area (TPSA) is 61.1 Å². The van der Waals surface area contributed by atoms with Gasteiger partial charge in [0.25, 0.3) is 0 Å². The molecule has 0 saturated heterocycles. The molecule has 1 N–H and O–H groups in total. The standard InChI is InChI=1S/C12H9NO2S/c1-12(7-13,11(14)15)9-6-16-10-5-3-2-4-8(9)10/h2-6H,1H3,(H,14,15). The highest BCUT2D eigenvalue weighted by Gasteiger charge is 2.37. The summed E-state index contributed by atoms with van der Waals surface area (Å²) in [6.07, 6.45) is 0. The molecule has 1 aromatic carbocycles. The monoisotopic (exact) mass is 231 g/mol. The molecule has 0 saturated carbocycles. The molecule has 1 atom stereocenters. The predicted octanol–water partition coefficient (Wildman–Crippen LogP) is 2.77. The number of thiophene rings is 1. The number of nitriles is 1. The van der Waals surface area contributed by atoms with Crippen LogP contribution in [0, 0.1) is 11.3 Å². The smallest absolute Gasteiger partial charge is 0.328 e. The lowest BCUT2D eigenvalue weighted by Gasteiger charge is -2.15. The molecule has 1 aromatic heterocycles. The van der Waals surface area contributed by atoms with E-state index in [9.17, 15) is 4.79 Å². The van der Waals surface area contributed by atoms with Crippen LogP contribution >= 0.6 is 11.3 Å². The average Bonchev–Trinajstić information content (AvgIpc) is 2.72. The van der Waals surface area contributed by atoms with E-state index in [0.717, 1.165) is 10.1 Å². The van der Waals surface area contributed by atoms with Gasteiger partial charge in [-0.2, -0.15) is 5.26 Å². The maximum atomic E-state index is 11.2. The first-order valence-corrected chi connectivity index (χ1v) is 5.59. The second-order valence-corrected chi connectivity index (χ2v) is 4.60. The number of carboxylic acid groups (broad SMARTS) is 1. The molecule has 0 aliphatic heterocycles. The second-order valence-electron chi connectivity index (χ2n) is 3.69. The third kappa shape index (κ3) is 1.37. The Morgan fingerprint density at radius 1 is 1.50 bits per heavy atom. The Labute approximate surface area is 96.6 Å². The molecule has 0 aliphatic carbocycles. The highest BCUT2D eigenvalue weighted by atomic mass is 32.1. The summed E-state index contributed by atoms with van der Waals surface area (Å²) < 4.78 is 1.00. The van der Waals surface area contributed by atoms with Crippen LogP contribution in [0.1, 0.15) is 12.5 Å². The summed E-state index contributed by atoms with van der Waals surface area (Å²) in [6.45, 7) is 1.43. The number of carbonyl (C=O) groups is 1. The SMILES string of the molecule is CC(C#N)(C(=O)O)c1csc2ccccc12. The lowest BCUT2D eigenvalue weighted by Crippen LogP contribution is -2.30. The van der Waals surface area contributed by atoms with Gasteiger partial charge in [-0.3, -0.25) is 4.79 Å². The fraction of sp³-hybridized carbons (Fsp3) is 0.167. The number of benzene rings is 1. The zero-order valence-corrected chi connectivity index (χ0v) is 9.41. The zero-order valence-electron chi connectivity index (χ0n) is 8.60. The van der Waals surface area contributed by atoms with Crippen LogP contribution in [0.15, 0.2) is 29.6 Å². The van der Waals surface area contributed by atoms with Gasteiger partial charge in [-0.05, 0) is 23.8 Å². The van der Waals surface area contributed by atoms with Gasteiger partial charge in [0, 0.05) is 10.3 Å². The predicted molar refractivity (Wildman–Crippen MR) is 62.4 cm³/mol. The molecule has 2 aromatic rings. The fourth-order valence-corrected chi connectivity index (χ4v) is 2.66. The van der Waals surface area contributed by atoms with Gasteiger partial charge in [0.2, 0.25) is 0 Å². The summed E-state index contributed by atoms with van der Waals surface area (Å²) in [5.74, 6) is -1.11. The number of nitrogens with zero attached hydrogens (tertiary/aromatic N) is 1. The molecule has 0 spiro atoms. The highest BCUT2D eigenvalue weighted by molar-refractivity contribution is 7.17. The van der Waals surface area contributed by atoms with E-state index in [1.807, 2.05) is 30.3 Å². The van der Waals surface area contributed by atoms with E-state index >= 15 is 0 Å². The first-order valence-electron chi connectivity index (χ1n) is 4.71. The van der Waals surface area contributed by atoms with Crippen molar-refractivity contribution >= 4 is 27.4 Å². The molecule has 0 fully saturated rings. The summed E-state index contributed by atoms with van der Waals surface area (Å²) in [4.78, 5) is 11.2. The normalized spacial score (nSPS) is 14.2. The number of fused-ring (bicyclic) bond motifs is 1. The van der Waals surface area contributed by atoms with Gasteiger partial charge in [-0.25, -0.2) is 0 Å². The summed E-state index contributed by atoms with van der Waals surface area (Å²) in [5.41, 5.74) is -0.900. The maximum Gasteiger partial charge on any atom is 0.328 e. The summed E-state index contributed by atoms with van der Waals surface area (Å²) in [5, 5.41) is 20.8. The Kier molecular flexibility index (Phi) is 2.41. The van der Waals surface area contributed by atoms with Gasteiger partial charge >= 0.3 is 5.97 Å². The van der Waals surface area contributed by atoms with Crippen molar-refractivity contribution in [2.45, 2.75) is 12.3 Å². The van der Waals surface area contributed by atoms with Crippen molar-refractivity contribution in [3.05, 3.63) is 35.2 Å². The molecule has 2 rings (SSSR count). The molecule has 0 radical (unpaired) electrons. The van der Waals surface area contributed by atoms with E-state index < -0.39 is 11.4 Å². The quantitative estimate of drug-likeness (QED) is 0.864. The first kappa shape index (κ1) is 10.7. The summed E-state index contributed by atoms with van der Waals surface area (Å²) >= 11 is 1.46. The van der Waals surface area contributed by atoms with Gasteiger partial charge in [0.05, 0.1) is 6.07 Å². The molecular weight excluding hydrogens is 222 g/mol. The van der Waals surface area contributed by atoms with E-state index in [2.05, 4.69) is 0 Å². The van der Waals surface area contributed by atoms with Crippen LogP contribution in [-0.2, 0) is 10.2 Å². The second kappa shape index (κ2) is 3.62.